The van der Waals surface area contributed by atoms with E-state index in [9.17, 15) is 9.59 Å². The summed E-state index contributed by atoms with van der Waals surface area (Å²) in [7, 11) is -1.44. The second kappa shape index (κ2) is 9.56. The Morgan fingerprint density at radius 2 is 1.68 bits per heavy atom. The molecule has 156 valence electrons. The monoisotopic (exact) mass is 408 g/mol. The van der Waals surface area contributed by atoms with Crippen LogP contribution in [0, 0.1) is 17.8 Å². The third-order valence-corrected chi connectivity index (χ3v) is 7.47. The van der Waals surface area contributed by atoms with Crippen molar-refractivity contribution in [1.29, 1.82) is 0 Å². The SMILES string of the molecule is CC1CCC(C(C)C)C(OC(=O)OOOC(=O)c2ccc([Si](C)(C)C)cc2)C1. The van der Waals surface area contributed by atoms with Crippen LogP contribution in [0.4, 0.5) is 4.79 Å². The van der Waals surface area contributed by atoms with Crippen LogP contribution in [0.3, 0.4) is 0 Å². The van der Waals surface area contributed by atoms with Crippen molar-refractivity contribution in [2.24, 2.45) is 17.8 Å². The Hall–Kier alpha value is -1.86. The standard InChI is InChI=1S/C21H32O6Si/c1-14(2)18-12-7-15(3)13-19(18)24-21(23)26-27-25-20(22)16-8-10-17(11-9-16)28(4,5)6/h8-11,14-15,18-19H,7,12-13H2,1-6H3. The summed E-state index contributed by atoms with van der Waals surface area (Å²) >= 11 is 0. The molecule has 1 aromatic carbocycles. The van der Waals surface area contributed by atoms with Gasteiger partial charge in [0.25, 0.3) is 0 Å². The molecule has 0 saturated heterocycles. The molecule has 0 amide bonds. The molecule has 6 nitrogen and oxygen atoms in total. The van der Waals surface area contributed by atoms with E-state index in [2.05, 4.69) is 55.2 Å². The molecule has 3 unspecified atom stereocenters. The van der Waals surface area contributed by atoms with Crippen molar-refractivity contribution in [2.45, 2.75) is 65.8 Å². The number of ether oxygens (including phenoxy) is 1. The van der Waals surface area contributed by atoms with Gasteiger partial charge in [0.1, 0.15) is 6.10 Å². The lowest BCUT2D eigenvalue weighted by Crippen LogP contribution is -2.37. The van der Waals surface area contributed by atoms with E-state index in [0.29, 0.717) is 17.4 Å². The lowest BCUT2D eigenvalue weighted by Gasteiger charge is -2.36. The van der Waals surface area contributed by atoms with E-state index in [1.165, 1.54) is 5.19 Å². The van der Waals surface area contributed by atoms with Crippen LogP contribution in [-0.4, -0.2) is 26.3 Å². The fraction of sp³-hybridized carbons (Fsp3) is 0.619. The van der Waals surface area contributed by atoms with Gasteiger partial charge in [-0.3, -0.25) is 4.89 Å². The molecule has 0 heterocycles. The van der Waals surface area contributed by atoms with E-state index in [-0.39, 0.29) is 12.0 Å². The zero-order valence-corrected chi connectivity index (χ0v) is 18.7. The number of benzene rings is 1. The molecule has 28 heavy (non-hydrogen) atoms. The highest BCUT2D eigenvalue weighted by Gasteiger charge is 2.34. The maximum Gasteiger partial charge on any atom is 0.543 e. The highest BCUT2D eigenvalue weighted by Crippen LogP contribution is 2.35. The van der Waals surface area contributed by atoms with Gasteiger partial charge in [-0.05, 0) is 42.7 Å². The van der Waals surface area contributed by atoms with Gasteiger partial charge in [0.2, 0.25) is 0 Å². The van der Waals surface area contributed by atoms with Gasteiger partial charge in [0.15, 0.2) is 0 Å². The van der Waals surface area contributed by atoms with Crippen molar-refractivity contribution < 1.29 is 29.1 Å². The van der Waals surface area contributed by atoms with Crippen LogP contribution in [0.2, 0.25) is 19.6 Å². The van der Waals surface area contributed by atoms with E-state index in [4.69, 9.17) is 4.74 Å². The summed E-state index contributed by atoms with van der Waals surface area (Å²) in [6, 6.07) is 7.17. The second-order valence-electron chi connectivity index (χ2n) is 9.08. The lowest BCUT2D eigenvalue weighted by atomic mass is 9.75. The molecule has 1 aliphatic carbocycles. The van der Waals surface area contributed by atoms with Gasteiger partial charge < -0.3 is 4.74 Å². The second-order valence-corrected chi connectivity index (χ2v) is 14.2. The quantitative estimate of drug-likeness (QED) is 0.290. The van der Waals surface area contributed by atoms with Crippen LogP contribution in [0.1, 0.15) is 50.4 Å². The summed E-state index contributed by atoms with van der Waals surface area (Å²) < 4.78 is 5.40. The van der Waals surface area contributed by atoms with Gasteiger partial charge in [0, 0.05) is 0 Å². The minimum Gasteiger partial charge on any atom is -0.429 e. The molecule has 0 N–H and O–H groups in total. The molecule has 0 radical (unpaired) electrons. The van der Waals surface area contributed by atoms with Gasteiger partial charge >= 0.3 is 12.1 Å². The maximum atomic E-state index is 12.0. The summed E-state index contributed by atoms with van der Waals surface area (Å²) in [4.78, 5) is 32.9. The Labute approximate surface area is 168 Å². The molecule has 1 saturated carbocycles. The largest absolute Gasteiger partial charge is 0.543 e. The number of carbonyl (C=O) groups excluding carboxylic acids is 2. The Morgan fingerprint density at radius 3 is 2.25 bits per heavy atom. The van der Waals surface area contributed by atoms with E-state index in [1.54, 1.807) is 12.1 Å². The van der Waals surface area contributed by atoms with Gasteiger partial charge in [-0.2, -0.15) is 0 Å². The highest BCUT2D eigenvalue weighted by atomic mass is 28.3. The van der Waals surface area contributed by atoms with Crippen molar-refractivity contribution in [2.75, 3.05) is 0 Å². The fourth-order valence-electron chi connectivity index (χ4n) is 3.62. The molecule has 2 rings (SSSR count). The molecule has 1 aromatic rings. The summed E-state index contributed by atoms with van der Waals surface area (Å²) in [5, 5.41) is 5.59. The predicted molar refractivity (Wildman–Crippen MR) is 109 cm³/mol. The first kappa shape index (κ1) is 22.4. The topological polar surface area (TPSA) is 71.1 Å². The number of carbonyl (C=O) groups is 2. The highest BCUT2D eigenvalue weighted by molar-refractivity contribution is 6.88. The summed E-state index contributed by atoms with van der Waals surface area (Å²) in [5.41, 5.74) is 0.319. The Morgan fingerprint density at radius 1 is 1.04 bits per heavy atom. The molecule has 0 aliphatic heterocycles. The Bertz CT molecular complexity index is 664. The molecule has 3 atom stereocenters. The molecule has 1 aliphatic rings. The van der Waals surface area contributed by atoms with E-state index < -0.39 is 20.2 Å². The normalized spacial score (nSPS) is 22.6. The van der Waals surface area contributed by atoms with Crippen LogP contribution in [0.5, 0.6) is 0 Å². The van der Waals surface area contributed by atoms with Gasteiger partial charge in [-0.1, -0.05) is 64.2 Å². The first-order chi connectivity index (χ1) is 13.1. The first-order valence-electron chi connectivity index (χ1n) is 9.94. The summed E-state index contributed by atoms with van der Waals surface area (Å²) in [6.07, 6.45) is 1.72. The predicted octanol–water partition coefficient (Wildman–Crippen LogP) is 4.85. The molecule has 0 aromatic heterocycles. The number of rotatable bonds is 6. The van der Waals surface area contributed by atoms with Crippen LogP contribution < -0.4 is 5.19 Å². The van der Waals surface area contributed by atoms with E-state index >= 15 is 0 Å². The Balaban J connectivity index is 1.80. The van der Waals surface area contributed by atoms with Crippen molar-refractivity contribution >= 4 is 25.4 Å². The van der Waals surface area contributed by atoms with E-state index in [1.807, 2.05) is 12.1 Å². The van der Waals surface area contributed by atoms with Gasteiger partial charge in [-0.25, -0.2) is 14.5 Å². The minimum atomic E-state index is -1.44. The fourth-order valence-corrected chi connectivity index (χ4v) is 4.79. The van der Waals surface area contributed by atoms with Crippen molar-refractivity contribution in [3.05, 3.63) is 29.8 Å². The number of hydrogen-bond donors (Lipinski definition) is 0. The van der Waals surface area contributed by atoms with Crippen LogP contribution in [-0.2, 0) is 19.6 Å². The molecule has 7 heteroatoms. The molecular weight excluding hydrogens is 376 g/mol. The first-order valence-corrected chi connectivity index (χ1v) is 13.4. The lowest BCUT2D eigenvalue weighted by molar-refractivity contribution is -0.453. The van der Waals surface area contributed by atoms with Crippen LogP contribution >= 0.6 is 0 Å². The zero-order chi connectivity index (χ0) is 20.9. The van der Waals surface area contributed by atoms with Crippen LogP contribution in [0.25, 0.3) is 0 Å². The third kappa shape index (κ3) is 6.34. The van der Waals surface area contributed by atoms with Gasteiger partial charge in [0.05, 0.1) is 18.7 Å². The summed E-state index contributed by atoms with van der Waals surface area (Å²) in [5.74, 6) is 0.450. The average molecular weight is 409 g/mol. The van der Waals surface area contributed by atoms with Gasteiger partial charge in [-0.15, -0.1) is 0 Å². The van der Waals surface area contributed by atoms with Crippen molar-refractivity contribution in [3.8, 4) is 0 Å². The Kier molecular flexibility index (Phi) is 7.66. The smallest absolute Gasteiger partial charge is 0.429 e. The summed E-state index contributed by atoms with van der Waals surface area (Å²) in [6.45, 7) is 13.0. The maximum absolute atomic E-state index is 12.0. The van der Waals surface area contributed by atoms with Crippen molar-refractivity contribution in [3.63, 3.8) is 0 Å². The molecular formula is C21H32O6Si. The molecule has 0 bridgehead atoms. The molecule has 1 fully saturated rings. The van der Waals surface area contributed by atoms with Crippen molar-refractivity contribution in [1.82, 2.24) is 0 Å². The molecule has 0 spiro atoms. The zero-order valence-electron chi connectivity index (χ0n) is 17.7. The van der Waals surface area contributed by atoms with E-state index in [0.717, 1.165) is 19.3 Å². The number of hydrogen-bond acceptors (Lipinski definition) is 6. The van der Waals surface area contributed by atoms with Crippen LogP contribution in [0.15, 0.2) is 24.3 Å². The average Bonchev–Trinajstić information content (AvgIpc) is 2.60. The third-order valence-electron chi connectivity index (χ3n) is 5.41. The minimum absolute atomic E-state index is 0.218.